The zero-order chi connectivity index (χ0) is 12.6. The van der Waals surface area contributed by atoms with E-state index in [1.54, 1.807) is 4.31 Å². The monoisotopic (exact) mass is 270 g/mol. The van der Waals surface area contributed by atoms with Crippen molar-refractivity contribution in [1.82, 2.24) is 19.4 Å². The molecule has 3 rings (SSSR count). The zero-order valence-corrected chi connectivity index (χ0v) is 11.1. The van der Waals surface area contributed by atoms with Gasteiger partial charge in [0, 0.05) is 25.3 Å². The highest BCUT2D eigenvalue weighted by Gasteiger charge is 2.36. The van der Waals surface area contributed by atoms with E-state index in [1.165, 1.54) is 25.2 Å². The molecule has 0 bridgehead atoms. The first kappa shape index (κ1) is 12.1. The average Bonchev–Trinajstić information content (AvgIpc) is 3.12. The predicted octanol–water partition coefficient (Wildman–Crippen LogP) is 0.268. The standard InChI is InChI=1S/C11H18N4O2S/c16-18(17,11-7-12-13-8-11)15-6-3-10(9-15)14-4-1-2-5-14/h7-8,10H,1-6,9H2,(H,12,13). The third-order valence-corrected chi connectivity index (χ3v) is 5.72. The number of likely N-dealkylation sites (tertiary alicyclic amines) is 1. The van der Waals surface area contributed by atoms with Crippen LogP contribution in [0.25, 0.3) is 0 Å². The Labute approximate surface area is 107 Å². The molecule has 1 aromatic rings. The molecule has 1 atom stereocenters. The summed E-state index contributed by atoms with van der Waals surface area (Å²) in [5, 5.41) is 6.27. The second kappa shape index (κ2) is 4.64. The Morgan fingerprint density at radius 1 is 1.28 bits per heavy atom. The number of rotatable bonds is 3. The van der Waals surface area contributed by atoms with Crippen molar-refractivity contribution in [2.24, 2.45) is 0 Å². The van der Waals surface area contributed by atoms with E-state index in [0.717, 1.165) is 19.5 Å². The maximum absolute atomic E-state index is 12.3. The first-order valence-electron chi connectivity index (χ1n) is 6.41. The highest BCUT2D eigenvalue weighted by Crippen LogP contribution is 2.25. The molecule has 0 radical (unpaired) electrons. The van der Waals surface area contributed by atoms with Crippen LogP contribution in [0.1, 0.15) is 19.3 Å². The SMILES string of the molecule is O=S(=O)(c1cn[nH]c1)N1CCC(N2CCCC2)C1. The summed E-state index contributed by atoms with van der Waals surface area (Å²) < 4.78 is 26.2. The van der Waals surface area contributed by atoms with Gasteiger partial charge in [0.25, 0.3) is 0 Å². The second-order valence-electron chi connectivity index (χ2n) is 4.98. The third kappa shape index (κ3) is 2.06. The Morgan fingerprint density at radius 2 is 2.06 bits per heavy atom. The molecule has 2 aliphatic heterocycles. The molecule has 1 N–H and O–H groups in total. The summed E-state index contributed by atoms with van der Waals surface area (Å²) >= 11 is 0. The van der Waals surface area contributed by atoms with E-state index in [9.17, 15) is 8.42 Å². The van der Waals surface area contributed by atoms with Crippen LogP contribution in [-0.4, -0.2) is 60.0 Å². The number of aromatic amines is 1. The molecular weight excluding hydrogens is 252 g/mol. The van der Waals surface area contributed by atoms with Gasteiger partial charge in [0.05, 0.1) is 6.20 Å². The lowest BCUT2D eigenvalue weighted by Gasteiger charge is -2.23. The van der Waals surface area contributed by atoms with Crippen LogP contribution >= 0.6 is 0 Å². The van der Waals surface area contributed by atoms with Gasteiger partial charge in [-0.3, -0.25) is 10.00 Å². The largest absolute Gasteiger partial charge is 0.299 e. The molecule has 7 heteroatoms. The van der Waals surface area contributed by atoms with Crippen LogP contribution in [-0.2, 0) is 10.0 Å². The van der Waals surface area contributed by atoms with Crippen LogP contribution in [0.4, 0.5) is 0 Å². The molecule has 2 fully saturated rings. The van der Waals surface area contributed by atoms with Crippen molar-refractivity contribution in [3.63, 3.8) is 0 Å². The van der Waals surface area contributed by atoms with E-state index >= 15 is 0 Å². The number of H-pyrrole nitrogens is 1. The van der Waals surface area contributed by atoms with Gasteiger partial charge in [-0.25, -0.2) is 8.42 Å². The molecule has 0 saturated carbocycles. The van der Waals surface area contributed by atoms with Crippen molar-refractivity contribution in [1.29, 1.82) is 0 Å². The topological polar surface area (TPSA) is 69.3 Å². The van der Waals surface area contributed by atoms with Crippen LogP contribution < -0.4 is 0 Å². The van der Waals surface area contributed by atoms with Crippen LogP contribution in [0.5, 0.6) is 0 Å². The quantitative estimate of drug-likeness (QED) is 0.856. The van der Waals surface area contributed by atoms with Crippen molar-refractivity contribution in [3.8, 4) is 0 Å². The number of nitrogens with one attached hydrogen (secondary N) is 1. The van der Waals surface area contributed by atoms with Gasteiger partial charge in [-0.05, 0) is 32.4 Å². The maximum Gasteiger partial charge on any atom is 0.246 e. The van der Waals surface area contributed by atoms with Crippen molar-refractivity contribution < 1.29 is 8.42 Å². The fraction of sp³-hybridized carbons (Fsp3) is 0.727. The summed E-state index contributed by atoms with van der Waals surface area (Å²) in [7, 11) is -3.34. The summed E-state index contributed by atoms with van der Waals surface area (Å²) in [6, 6.07) is 0.397. The Kier molecular flexibility index (Phi) is 3.13. The van der Waals surface area contributed by atoms with Gasteiger partial charge in [0.15, 0.2) is 0 Å². The van der Waals surface area contributed by atoms with Gasteiger partial charge >= 0.3 is 0 Å². The van der Waals surface area contributed by atoms with Crippen molar-refractivity contribution >= 4 is 10.0 Å². The molecule has 0 amide bonds. The van der Waals surface area contributed by atoms with E-state index in [-0.39, 0.29) is 4.90 Å². The van der Waals surface area contributed by atoms with E-state index in [2.05, 4.69) is 15.1 Å². The smallest absolute Gasteiger partial charge is 0.246 e. The molecule has 0 aliphatic carbocycles. The van der Waals surface area contributed by atoms with Crippen LogP contribution in [0, 0.1) is 0 Å². The van der Waals surface area contributed by atoms with Crippen LogP contribution in [0.2, 0.25) is 0 Å². The lowest BCUT2D eigenvalue weighted by molar-refractivity contribution is 0.251. The molecular formula is C11H18N4O2S. The maximum atomic E-state index is 12.3. The fourth-order valence-electron chi connectivity index (χ4n) is 2.86. The van der Waals surface area contributed by atoms with Crippen LogP contribution in [0.3, 0.4) is 0 Å². The third-order valence-electron chi connectivity index (χ3n) is 3.89. The van der Waals surface area contributed by atoms with Gasteiger partial charge in [-0.2, -0.15) is 9.40 Å². The Balaban J connectivity index is 1.72. The lowest BCUT2D eigenvalue weighted by Crippen LogP contribution is -2.37. The first-order chi connectivity index (χ1) is 8.68. The Hall–Kier alpha value is -0.920. The fourth-order valence-corrected chi connectivity index (χ4v) is 4.26. The molecule has 2 aliphatic rings. The highest BCUT2D eigenvalue weighted by molar-refractivity contribution is 7.89. The highest BCUT2D eigenvalue weighted by atomic mass is 32.2. The molecule has 18 heavy (non-hydrogen) atoms. The second-order valence-corrected chi connectivity index (χ2v) is 6.92. The van der Waals surface area contributed by atoms with Crippen LogP contribution in [0.15, 0.2) is 17.3 Å². The molecule has 0 aromatic carbocycles. The number of hydrogen-bond acceptors (Lipinski definition) is 4. The summed E-state index contributed by atoms with van der Waals surface area (Å²) in [5.74, 6) is 0. The molecule has 1 unspecified atom stereocenters. The number of aromatic nitrogens is 2. The van der Waals surface area contributed by atoms with E-state index in [1.807, 2.05) is 0 Å². The van der Waals surface area contributed by atoms with E-state index < -0.39 is 10.0 Å². The minimum atomic E-state index is -3.34. The van der Waals surface area contributed by atoms with Gasteiger partial charge in [-0.15, -0.1) is 0 Å². The Bertz CT molecular complexity index is 493. The van der Waals surface area contributed by atoms with E-state index in [4.69, 9.17) is 0 Å². The number of sulfonamides is 1. The van der Waals surface area contributed by atoms with Crippen molar-refractivity contribution in [2.75, 3.05) is 26.2 Å². The van der Waals surface area contributed by atoms with Gasteiger partial charge < -0.3 is 0 Å². The van der Waals surface area contributed by atoms with Gasteiger partial charge in [-0.1, -0.05) is 0 Å². The van der Waals surface area contributed by atoms with Crippen molar-refractivity contribution in [3.05, 3.63) is 12.4 Å². The molecule has 2 saturated heterocycles. The summed E-state index contributed by atoms with van der Waals surface area (Å²) in [4.78, 5) is 2.69. The van der Waals surface area contributed by atoms with Gasteiger partial charge in [0.2, 0.25) is 10.0 Å². The number of hydrogen-bond donors (Lipinski definition) is 1. The Morgan fingerprint density at radius 3 is 2.72 bits per heavy atom. The molecule has 100 valence electrons. The zero-order valence-electron chi connectivity index (χ0n) is 10.2. The number of nitrogens with zero attached hydrogens (tertiary/aromatic N) is 3. The van der Waals surface area contributed by atoms with Crippen molar-refractivity contribution in [2.45, 2.75) is 30.2 Å². The molecule has 0 spiro atoms. The predicted molar refractivity (Wildman–Crippen MR) is 66.6 cm³/mol. The summed E-state index contributed by atoms with van der Waals surface area (Å²) in [6.45, 7) is 3.47. The molecule has 6 nitrogen and oxygen atoms in total. The molecule has 3 heterocycles. The average molecular weight is 270 g/mol. The molecule has 1 aromatic heterocycles. The first-order valence-corrected chi connectivity index (χ1v) is 7.85. The lowest BCUT2D eigenvalue weighted by atomic mass is 10.2. The minimum Gasteiger partial charge on any atom is -0.299 e. The minimum absolute atomic E-state index is 0.268. The van der Waals surface area contributed by atoms with Gasteiger partial charge in [0.1, 0.15) is 4.90 Å². The summed E-state index contributed by atoms with van der Waals surface area (Å²) in [6.07, 6.45) is 6.24. The van der Waals surface area contributed by atoms with E-state index in [0.29, 0.717) is 19.1 Å². The summed E-state index contributed by atoms with van der Waals surface area (Å²) in [5.41, 5.74) is 0. The normalized spacial score (nSPS) is 27.0.